The Morgan fingerprint density at radius 1 is 1.21 bits per heavy atom. The number of ether oxygens (including phenoxy) is 2. The van der Waals surface area contributed by atoms with Crippen molar-refractivity contribution in [2.45, 2.75) is 57.3 Å². The summed E-state index contributed by atoms with van der Waals surface area (Å²) in [6, 6.07) is 16.4. The van der Waals surface area contributed by atoms with Gasteiger partial charge in [-0.15, -0.1) is 0 Å². The summed E-state index contributed by atoms with van der Waals surface area (Å²) in [5.74, 6) is -1.07. The molecule has 0 bridgehead atoms. The minimum atomic E-state index is -1.57. The third-order valence-electron chi connectivity index (χ3n) is 6.51. The molecule has 0 spiro atoms. The summed E-state index contributed by atoms with van der Waals surface area (Å²) in [7, 11) is 0. The van der Waals surface area contributed by atoms with Crippen LogP contribution in [0.25, 0.3) is 10.9 Å². The highest BCUT2D eigenvalue weighted by Crippen LogP contribution is 2.38. The Bertz CT molecular complexity index is 1230. The van der Waals surface area contributed by atoms with Gasteiger partial charge in [-0.2, -0.15) is 0 Å². The molecule has 1 unspecified atom stereocenters. The Hall–Kier alpha value is -3.23. The van der Waals surface area contributed by atoms with Crippen molar-refractivity contribution in [3.8, 4) is 0 Å². The van der Waals surface area contributed by atoms with E-state index >= 15 is 0 Å². The first-order chi connectivity index (χ1) is 15.9. The van der Waals surface area contributed by atoms with Crippen molar-refractivity contribution in [3.63, 3.8) is 0 Å². The summed E-state index contributed by atoms with van der Waals surface area (Å²) < 4.78 is 13.0. The molecule has 3 heterocycles. The summed E-state index contributed by atoms with van der Waals surface area (Å²) in [4.78, 5) is 32.1. The topological polar surface area (TPSA) is 93.9 Å². The van der Waals surface area contributed by atoms with Gasteiger partial charge in [-0.05, 0) is 37.5 Å². The van der Waals surface area contributed by atoms with Crippen LogP contribution in [0.1, 0.15) is 30.7 Å². The van der Waals surface area contributed by atoms with Gasteiger partial charge in [0.05, 0.1) is 29.6 Å². The Labute approximate surface area is 191 Å². The van der Waals surface area contributed by atoms with Gasteiger partial charge in [0.25, 0.3) is 5.56 Å². The van der Waals surface area contributed by atoms with Gasteiger partial charge in [0.2, 0.25) is 0 Å². The fourth-order valence-electron chi connectivity index (χ4n) is 4.90. The van der Waals surface area contributed by atoms with Crippen molar-refractivity contribution in [1.29, 1.82) is 0 Å². The largest absolute Gasteiger partial charge is 0.445 e. The molecule has 1 N–H and O–H groups in total. The van der Waals surface area contributed by atoms with E-state index in [9.17, 15) is 14.7 Å². The molecule has 33 heavy (non-hydrogen) atoms. The number of aromatic nitrogens is 2. The molecule has 2 saturated heterocycles. The maximum Gasteiger partial charge on any atom is 0.410 e. The van der Waals surface area contributed by atoms with Crippen LogP contribution in [0.4, 0.5) is 4.79 Å². The fraction of sp³-hybridized carbons (Fsp3) is 0.400. The summed E-state index contributed by atoms with van der Waals surface area (Å²) in [5.41, 5.74) is 1.32. The van der Waals surface area contributed by atoms with Crippen molar-refractivity contribution in [2.24, 2.45) is 0 Å². The SMILES string of the molecule is Cc1nc2ccccc2c(=O)n1CC1(O)C[C@H]2[C@H](CCCN2C(=O)OCc2ccccc2)O1. The molecule has 2 aromatic carbocycles. The van der Waals surface area contributed by atoms with Crippen LogP contribution < -0.4 is 5.56 Å². The first kappa shape index (κ1) is 21.6. The van der Waals surface area contributed by atoms with Gasteiger partial charge in [-0.3, -0.25) is 9.36 Å². The second-order valence-corrected chi connectivity index (χ2v) is 8.82. The predicted octanol–water partition coefficient (Wildman–Crippen LogP) is 2.98. The average Bonchev–Trinajstić information content (AvgIpc) is 3.17. The molecule has 0 radical (unpaired) electrons. The smallest absolute Gasteiger partial charge is 0.410 e. The predicted molar refractivity (Wildman–Crippen MR) is 122 cm³/mol. The highest BCUT2D eigenvalue weighted by atomic mass is 16.6. The van der Waals surface area contributed by atoms with Gasteiger partial charge >= 0.3 is 6.09 Å². The summed E-state index contributed by atoms with van der Waals surface area (Å²) >= 11 is 0. The lowest BCUT2D eigenvalue weighted by Crippen LogP contribution is -2.49. The van der Waals surface area contributed by atoms with Crippen LogP contribution in [0.5, 0.6) is 0 Å². The number of rotatable bonds is 4. The van der Waals surface area contributed by atoms with Crippen LogP contribution in [0.3, 0.4) is 0 Å². The second kappa shape index (κ2) is 8.61. The third-order valence-corrected chi connectivity index (χ3v) is 6.51. The molecule has 172 valence electrons. The molecule has 3 aromatic rings. The number of nitrogens with zero attached hydrogens (tertiary/aromatic N) is 3. The van der Waals surface area contributed by atoms with Gasteiger partial charge in [0.15, 0.2) is 5.79 Å². The second-order valence-electron chi connectivity index (χ2n) is 8.82. The van der Waals surface area contributed by atoms with E-state index in [2.05, 4.69) is 4.98 Å². The molecule has 5 rings (SSSR count). The van der Waals surface area contributed by atoms with Crippen LogP contribution in [0.2, 0.25) is 0 Å². The Kier molecular flexibility index (Phi) is 5.64. The van der Waals surface area contributed by atoms with E-state index in [1.54, 1.807) is 30.0 Å². The molecular formula is C25H27N3O5. The van der Waals surface area contributed by atoms with E-state index in [0.29, 0.717) is 23.3 Å². The first-order valence-electron chi connectivity index (χ1n) is 11.3. The Balaban J connectivity index is 1.33. The first-order valence-corrected chi connectivity index (χ1v) is 11.3. The number of benzene rings is 2. The van der Waals surface area contributed by atoms with Crippen molar-refractivity contribution in [3.05, 3.63) is 76.3 Å². The number of piperidine rings is 1. The highest BCUT2D eigenvalue weighted by Gasteiger charge is 2.51. The highest BCUT2D eigenvalue weighted by molar-refractivity contribution is 5.77. The monoisotopic (exact) mass is 449 g/mol. The molecule has 8 nitrogen and oxygen atoms in total. The van der Waals surface area contributed by atoms with Crippen molar-refractivity contribution in [1.82, 2.24) is 14.5 Å². The van der Waals surface area contributed by atoms with E-state index in [0.717, 1.165) is 18.4 Å². The number of hydrogen-bond acceptors (Lipinski definition) is 6. The molecule has 2 aliphatic rings. The van der Waals surface area contributed by atoms with Gasteiger partial charge in [-0.1, -0.05) is 42.5 Å². The summed E-state index contributed by atoms with van der Waals surface area (Å²) in [6.45, 7) is 2.43. The standard InChI is InChI=1S/C25H27N3O5/c1-17-26-20-11-6-5-10-19(20)23(29)28(17)16-25(31)14-21-22(33-25)12-7-13-27(21)24(30)32-15-18-8-3-2-4-9-18/h2-6,8-11,21-22,31H,7,12-16H2,1H3/t21-,22-,25?/m0/s1. The zero-order valence-corrected chi connectivity index (χ0v) is 18.5. The van der Waals surface area contributed by atoms with Crippen molar-refractivity contribution < 1.29 is 19.4 Å². The Morgan fingerprint density at radius 3 is 2.79 bits per heavy atom. The molecule has 1 aromatic heterocycles. The van der Waals surface area contributed by atoms with E-state index < -0.39 is 11.9 Å². The number of likely N-dealkylation sites (tertiary alicyclic amines) is 1. The van der Waals surface area contributed by atoms with Crippen LogP contribution in [-0.2, 0) is 22.6 Å². The van der Waals surface area contributed by atoms with Gasteiger partial charge in [0.1, 0.15) is 12.4 Å². The third kappa shape index (κ3) is 4.24. The van der Waals surface area contributed by atoms with E-state index in [-0.39, 0.29) is 37.3 Å². The van der Waals surface area contributed by atoms with Crippen LogP contribution in [-0.4, -0.2) is 50.1 Å². The zero-order chi connectivity index (χ0) is 23.0. The average molecular weight is 450 g/mol. The quantitative estimate of drug-likeness (QED) is 0.658. The van der Waals surface area contributed by atoms with Crippen molar-refractivity contribution >= 4 is 17.0 Å². The Morgan fingerprint density at radius 2 is 1.97 bits per heavy atom. The normalized spacial score (nSPS) is 24.6. The molecule has 2 fully saturated rings. The molecule has 8 heteroatoms. The zero-order valence-electron chi connectivity index (χ0n) is 18.5. The van der Waals surface area contributed by atoms with Crippen LogP contribution in [0, 0.1) is 6.92 Å². The van der Waals surface area contributed by atoms with Crippen molar-refractivity contribution in [2.75, 3.05) is 6.54 Å². The summed E-state index contributed by atoms with van der Waals surface area (Å²) in [5, 5.41) is 11.8. The fourth-order valence-corrected chi connectivity index (χ4v) is 4.90. The van der Waals surface area contributed by atoms with E-state index in [1.165, 1.54) is 4.57 Å². The maximum absolute atomic E-state index is 13.1. The molecular weight excluding hydrogens is 422 g/mol. The van der Waals surface area contributed by atoms with Crippen LogP contribution in [0.15, 0.2) is 59.4 Å². The van der Waals surface area contributed by atoms with Crippen LogP contribution >= 0.6 is 0 Å². The van der Waals surface area contributed by atoms with Gasteiger partial charge in [0, 0.05) is 13.0 Å². The number of carbonyl (C=O) groups is 1. The minimum absolute atomic E-state index is 0.0462. The maximum atomic E-state index is 13.1. The van der Waals surface area contributed by atoms with E-state index in [4.69, 9.17) is 9.47 Å². The lowest BCUT2D eigenvalue weighted by Gasteiger charge is -2.35. The number of carbonyl (C=O) groups excluding carboxylic acids is 1. The molecule has 3 atom stereocenters. The molecule has 2 aliphatic heterocycles. The summed E-state index contributed by atoms with van der Waals surface area (Å²) in [6.07, 6.45) is 0.976. The lowest BCUT2D eigenvalue weighted by atomic mass is 9.97. The van der Waals surface area contributed by atoms with Gasteiger partial charge in [-0.25, -0.2) is 9.78 Å². The number of aryl methyl sites for hydroxylation is 1. The van der Waals surface area contributed by atoms with E-state index in [1.807, 2.05) is 36.4 Å². The number of fused-ring (bicyclic) bond motifs is 2. The molecule has 1 amide bonds. The van der Waals surface area contributed by atoms with Gasteiger partial charge < -0.3 is 19.5 Å². The lowest BCUT2D eigenvalue weighted by molar-refractivity contribution is -0.203. The molecule has 0 saturated carbocycles. The number of para-hydroxylation sites is 1. The number of hydrogen-bond donors (Lipinski definition) is 1. The number of amides is 1. The molecule has 0 aliphatic carbocycles. The number of aliphatic hydroxyl groups is 1. The minimum Gasteiger partial charge on any atom is -0.445 e.